The van der Waals surface area contributed by atoms with Gasteiger partial charge in [-0.3, -0.25) is 0 Å². The monoisotopic (exact) mass is 145 g/mol. The van der Waals surface area contributed by atoms with Crippen molar-refractivity contribution in [2.45, 2.75) is 52.1 Å². The molecule has 0 aromatic rings. The smallest absolute Gasteiger partial charge is 0.0759 e. The van der Waals surface area contributed by atoms with Crippen LogP contribution in [0.25, 0.3) is 0 Å². The van der Waals surface area contributed by atoms with Crippen LogP contribution in [0.2, 0.25) is 0 Å². The second kappa shape index (κ2) is 7.03. The van der Waals surface area contributed by atoms with E-state index < -0.39 is 0 Å². The van der Waals surface area contributed by atoms with E-state index >= 15 is 0 Å². The van der Waals surface area contributed by atoms with Gasteiger partial charge < -0.3 is 4.84 Å². The van der Waals surface area contributed by atoms with Crippen LogP contribution >= 0.6 is 0 Å². The number of unbranched alkanes of at least 4 members (excludes halogenated alkanes) is 3. The first-order valence-electron chi connectivity index (χ1n) is 4.16. The number of hydrogen-bond donors (Lipinski definition) is 1. The van der Waals surface area contributed by atoms with Gasteiger partial charge in [-0.15, -0.1) is 0 Å². The third kappa shape index (κ3) is 6.05. The van der Waals surface area contributed by atoms with Crippen molar-refractivity contribution in [3.05, 3.63) is 0 Å². The fraction of sp³-hybridized carbons (Fsp3) is 1.00. The molecule has 0 fully saturated rings. The van der Waals surface area contributed by atoms with Gasteiger partial charge in [0.25, 0.3) is 0 Å². The number of hydrogen-bond acceptors (Lipinski definition) is 2. The summed E-state index contributed by atoms with van der Waals surface area (Å²) in [5.74, 6) is 4.99. The summed E-state index contributed by atoms with van der Waals surface area (Å²) >= 11 is 0. The lowest BCUT2D eigenvalue weighted by molar-refractivity contribution is 0.0588. The first kappa shape index (κ1) is 9.92. The van der Waals surface area contributed by atoms with Crippen molar-refractivity contribution < 1.29 is 4.84 Å². The van der Waals surface area contributed by atoms with Crippen molar-refractivity contribution in [2.75, 3.05) is 0 Å². The highest BCUT2D eigenvalue weighted by atomic mass is 16.6. The molecule has 0 spiro atoms. The average molecular weight is 145 g/mol. The maximum atomic E-state index is 4.99. The van der Waals surface area contributed by atoms with Crippen molar-refractivity contribution in [2.24, 2.45) is 5.90 Å². The summed E-state index contributed by atoms with van der Waals surface area (Å²) in [5.41, 5.74) is 0. The summed E-state index contributed by atoms with van der Waals surface area (Å²) in [6.07, 6.45) is 6.50. The fourth-order valence-electron chi connectivity index (χ4n) is 0.927. The van der Waals surface area contributed by atoms with Gasteiger partial charge in [-0.25, -0.2) is 5.90 Å². The van der Waals surface area contributed by atoms with Gasteiger partial charge in [0.05, 0.1) is 6.10 Å². The Morgan fingerprint density at radius 1 is 1.30 bits per heavy atom. The van der Waals surface area contributed by atoms with E-state index in [1.54, 1.807) is 0 Å². The molecule has 62 valence electrons. The van der Waals surface area contributed by atoms with Crippen molar-refractivity contribution in [3.8, 4) is 0 Å². The van der Waals surface area contributed by atoms with Gasteiger partial charge in [-0.05, 0) is 13.3 Å². The predicted octanol–water partition coefficient (Wildman–Crippen LogP) is 2.24. The average Bonchev–Trinajstić information content (AvgIpc) is 1.98. The Kier molecular flexibility index (Phi) is 6.98. The molecule has 0 amide bonds. The van der Waals surface area contributed by atoms with E-state index in [0.717, 1.165) is 6.42 Å². The van der Waals surface area contributed by atoms with Gasteiger partial charge in [0.2, 0.25) is 0 Å². The Labute approximate surface area is 63.7 Å². The Hall–Kier alpha value is -0.0800. The van der Waals surface area contributed by atoms with E-state index in [-0.39, 0.29) is 6.10 Å². The molecule has 0 aliphatic carbocycles. The predicted molar refractivity (Wildman–Crippen MR) is 43.5 cm³/mol. The quantitative estimate of drug-likeness (QED) is 0.459. The lowest BCUT2D eigenvalue weighted by Crippen LogP contribution is -2.12. The molecule has 2 nitrogen and oxygen atoms in total. The molecule has 0 aliphatic heterocycles. The fourth-order valence-corrected chi connectivity index (χ4v) is 0.927. The van der Waals surface area contributed by atoms with Gasteiger partial charge in [0.15, 0.2) is 0 Å². The molecule has 0 aromatic heterocycles. The molecule has 0 saturated carbocycles. The normalized spacial score (nSPS) is 13.5. The van der Waals surface area contributed by atoms with Gasteiger partial charge >= 0.3 is 0 Å². The van der Waals surface area contributed by atoms with Crippen LogP contribution in [0.5, 0.6) is 0 Å². The zero-order valence-electron chi connectivity index (χ0n) is 7.10. The molecule has 0 aromatic carbocycles. The molecule has 0 radical (unpaired) electrons. The third-order valence-corrected chi connectivity index (χ3v) is 1.70. The molecule has 0 heterocycles. The highest BCUT2D eigenvalue weighted by Gasteiger charge is 1.97. The number of rotatable bonds is 6. The summed E-state index contributed by atoms with van der Waals surface area (Å²) in [6.45, 7) is 4.22. The Morgan fingerprint density at radius 3 is 2.50 bits per heavy atom. The minimum absolute atomic E-state index is 0.233. The maximum Gasteiger partial charge on any atom is 0.0759 e. The lowest BCUT2D eigenvalue weighted by atomic mass is 10.1. The summed E-state index contributed by atoms with van der Waals surface area (Å²) in [4.78, 5) is 4.63. The highest BCUT2D eigenvalue weighted by molar-refractivity contribution is 4.49. The summed E-state index contributed by atoms with van der Waals surface area (Å²) in [7, 11) is 0. The SMILES string of the molecule is CCCCCC[C@@H](C)ON. The van der Waals surface area contributed by atoms with Crippen LogP contribution < -0.4 is 5.90 Å². The molecule has 10 heavy (non-hydrogen) atoms. The minimum Gasteiger partial charge on any atom is -0.302 e. The molecule has 2 N–H and O–H groups in total. The van der Waals surface area contributed by atoms with Crippen molar-refractivity contribution in [3.63, 3.8) is 0 Å². The minimum atomic E-state index is 0.233. The van der Waals surface area contributed by atoms with Crippen molar-refractivity contribution in [1.82, 2.24) is 0 Å². The molecular formula is C8H19NO. The van der Waals surface area contributed by atoms with Crippen LogP contribution in [0.4, 0.5) is 0 Å². The van der Waals surface area contributed by atoms with E-state index in [2.05, 4.69) is 11.8 Å². The van der Waals surface area contributed by atoms with Crippen LogP contribution in [0.3, 0.4) is 0 Å². The van der Waals surface area contributed by atoms with E-state index in [1.165, 1.54) is 25.7 Å². The summed E-state index contributed by atoms with van der Waals surface area (Å²) in [5, 5.41) is 0. The van der Waals surface area contributed by atoms with E-state index in [9.17, 15) is 0 Å². The summed E-state index contributed by atoms with van der Waals surface area (Å²) in [6, 6.07) is 0. The van der Waals surface area contributed by atoms with E-state index in [1.807, 2.05) is 6.92 Å². The van der Waals surface area contributed by atoms with E-state index in [0.29, 0.717) is 0 Å². The molecule has 1 atom stereocenters. The molecule has 2 heteroatoms. The van der Waals surface area contributed by atoms with Gasteiger partial charge in [0.1, 0.15) is 0 Å². The number of nitrogens with two attached hydrogens (primary N) is 1. The lowest BCUT2D eigenvalue weighted by Gasteiger charge is -2.06. The van der Waals surface area contributed by atoms with Gasteiger partial charge in [0, 0.05) is 0 Å². The van der Waals surface area contributed by atoms with Crippen molar-refractivity contribution >= 4 is 0 Å². The molecule has 0 bridgehead atoms. The Morgan fingerprint density at radius 2 is 2.00 bits per heavy atom. The molecule has 0 aliphatic rings. The molecule has 0 saturated heterocycles. The zero-order chi connectivity index (χ0) is 7.82. The second-order valence-corrected chi connectivity index (χ2v) is 2.80. The van der Waals surface area contributed by atoms with E-state index in [4.69, 9.17) is 5.90 Å². The van der Waals surface area contributed by atoms with Crippen LogP contribution in [0.15, 0.2) is 0 Å². The molecule has 0 rings (SSSR count). The first-order chi connectivity index (χ1) is 4.81. The maximum absolute atomic E-state index is 4.99. The Bertz CT molecular complexity index is 66.3. The third-order valence-electron chi connectivity index (χ3n) is 1.70. The summed E-state index contributed by atoms with van der Waals surface area (Å²) < 4.78 is 0. The van der Waals surface area contributed by atoms with Gasteiger partial charge in [-0.2, -0.15) is 0 Å². The van der Waals surface area contributed by atoms with Crippen LogP contribution in [-0.2, 0) is 4.84 Å². The topological polar surface area (TPSA) is 35.2 Å². The highest BCUT2D eigenvalue weighted by Crippen LogP contribution is 2.05. The van der Waals surface area contributed by atoms with Crippen LogP contribution in [-0.4, -0.2) is 6.10 Å². The second-order valence-electron chi connectivity index (χ2n) is 2.80. The first-order valence-corrected chi connectivity index (χ1v) is 4.16. The largest absolute Gasteiger partial charge is 0.302 e. The molecule has 0 unspecified atom stereocenters. The van der Waals surface area contributed by atoms with Gasteiger partial charge in [-0.1, -0.05) is 32.6 Å². The van der Waals surface area contributed by atoms with Crippen molar-refractivity contribution in [1.29, 1.82) is 0 Å². The Balaban J connectivity index is 2.89. The zero-order valence-corrected chi connectivity index (χ0v) is 7.10. The van der Waals surface area contributed by atoms with Crippen LogP contribution in [0.1, 0.15) is 46.0 Å². The van der Waals surface area contributed by atoms with Crippen LogP contribution in [0, 0.1) is 0 Å². The molecular weight excluding hydrogens is 126 g/mol. The standard InChI is InChI=1S/C8H19NO/c1-3-4-5-6-7-8(2)10-9/h8H,3-7,9H2,1-2H3/t8-/m1/s1.